The number of fused-ring (bicyclic) bond motifs is 1. The predicted octanol–water partition coefficient (Wildman–Crippen LogP) is 6.10. The molecule has 2 aromatic rings. The number of hydrogen-bond acceptors (Lipinski definition) is 5. The number of nitrogens with one attached hydrogen (secondary N) is 2. The highest BCUT2D eigenvalue weighted by Crippen LogP contribution is 2.45. The van der Waals surface area contributed by atoms with Crippen molar-refractivity contribution in [3.05, 3.63) is 57.6 Å². The number of halogens is 5. The molecule has 1 aliphatic rings. The summed E-state index contributed by atoms with van der Waals surface area (Å²) in [5.41, 5.74) is 1.09. The summed E-state index contributed by atoms with van der Waals surface area (Å²) in [6.45, 7) is 0. The maximum atomic E-state index is 11.5. The number of carboxylic acids is 1. The topological polar surface area (TPSA) is 107 Å². The Hall–Kier alpha value is -1.74. The highest BCUT2D eigenvalue weighted by atomic mass is 35.6. The molecule has 0 spiro atoms. The van der Waals surface area contributed by atoms with Gasteiger partial charge < -0.3 is 14.6 Å². The molecule has 0 radical (unpaired) electrons. The monoisotopic (exact) mass is 537 g/mol. The van der Waals surface area contributed by atoms with Gasteiger partial charge >= 0.3 is 5.97 Å². The summed E-state index contributed by atoms with van der Waals surface area (Å²) in [7, 11) is 1.46. The van der Waals surface area contributed by atoms with E-state index >= 15 is 0 Å². The average Bonchev–Trinajstić information content (AvgIpc) is 2.81. The van der Waals surface area contributed by atoms with Crippen molar-refractivity contribution < 1.29 is 19.4 Å². The molecule has 3 N–H and O–H groups in total. The quantitative estimate of drug-likeness (QED) is 0.247. The Labute approximate surface area is 208 Å². The van der Waals surface area contributed by atoms with Crippen LogP contribution in [-0.2, 0) is 9.53 Å². The van der Waals surface area contributed by atoms with Crippen LogP contribution in [0.15, 0.2) is 36.4 Å². The van der Waals surface area contributed by atoms with Crippen LogP contribution in [0, 0.1) is 10.8 Å². The summed E-state index contributed by atoms with van der Waals surface area (Å²) in [6, 6.07) is 9.66. The lowest BCUT2D eigenvalue weighted by molar-refractivity contribution is -0.139. The van der Waals surface area contributed by atoms with E-state index in [1.54, 1.807) is 24.3 Å². The van der Waals surface area contributed by atoms with Crippen LogP contribution in [0.25, 0.3) is 0 Å². The molecule has 7 nitrogen and oxygen atoms in total. The zero-order chi connectivity index (χ0) is 23.8. The van der Waals surface area contributed by atoms with Gasteiger partial charge in [0.05, 0.1) is 24.2 Å². The molecular formula is C20H16Cl5N3O4. The first-order valence-electron chi connectivity index (χ1n) is 8.99. The second kappa shape index (κ2) is 9.63. The van der Waals surface area contributed by atoms with E-state index in [-0.39, 0.29) is 10.7 Å². The van der Waals surface area contributed by atoms with Crippen LogP contribution >= 0.6 is 58.0 Å². The first-order chi connectivity index (χ1) is 15.0. The second-order valence-corrected chi connectivity index (χ2v) is 9.83. The van der Waals surface area contributed by atoms with Gasteiger partial charge in [-0.05, 0) is 24.3 Å². The van der Waals surface area contributed by atoms with Crippen molar-refractivity contribution >= 4 is 81.3 Å². The van der Waals surface area contributed by atoms with Crippen molar-refractivity contribution in [3.8, 4) is 5.75 Å². The van der Waals surface area contributed by atoms with Gasteiger partial charge in [-0.25, -0.2) is 0 Å². The van der Waals surface area contributed by atoms with Gasteiger partial charge in [-0.15, -0.1) is 0 Å². The minimum atomic E-state index is -2.20. The number of aliphatic carboxylic acids is 1. The van der Waals surface area contributed by atoms with Gasteiger partial charge in [-0.3, -0.25) is 20.5 Å². The van der Waals surface area contributed by atoms with Gasteiger partial charge in [0.2, 0.25) is 3.79 Å². The largest absolute Gasteiger partial charge is 0.495 e. The number of rotatable bonds is 4. The number of anilines is 1. The summed E-state index contributed by atoms with van der Waals surface area (Å²) in [4.78, 5) is 12.6. The highest BCUT2D eigenvalue weighted by molar-refractivity contribution is 6.77. The first kappa shape index (κ1) is 24.9. The zero-order valence-electron chi connectivity index (χ0n) is 16.3. The molecule has 2 aromatic carbocycles. The van der Waals surface area contributed by atoms with E-state index in [0.29, 0.717) is 21.9 Å². The van der Waals surface area contributed by atoms with E-state index < -0.39 is 40.1 Å². The molecule has 0 unspecified atom stereocenters. The minimum Gasteiger partial charge on any atom is -0.495 e. The fourth-order valence-corrected chi connectivity index (χ4v) is 4.05. The van der Waals surface area contributed by atoms with Crippen molar-refractivity contribution in [3.63, 3.8) is 0 Å². The molecule has 12 heteroatoms. The van der Waals surface area contributed by atoms with Crippen molar-refractivity contribution in [2.75, 3.05) is 12.0 Å². The molecule has 0 bridgehead atoms. The van der Waals surface area contributed by atoms with Crippen LogP contribution in [-0.4, -0.2) is 39.8 Å². The molecule has 2 atom stereocenters. The Morgan fingerprint density at radius 2 is 1.91 bits per heavy atom. The van der Waals surface area contributed by atoms with E-state index in [2.05, 4.69) is 0 Å². The number of amidine groups is 2. The zero-order valence-corrected chi connectivity index (χ0v) is 20.1. The number of carbonyl (C=O) groups is 1. The van der Waals surface area contributed by atoms with Gasteiger partial charge in [0.1, 0.15) is 23.8 Å². The molecule has 0 aliphatic carbocycles. The number of benzene rings is 2. The maximum absolute atomic E-state index is 11.5. The lowest BCUT2D eigenvalue weighted by Gasteiger charge is -2.30. The van der Waals surface area contributed by atoms with Crippen LogP contribution < -0.4 is 9.64 Å². The molecule has 0 saturated carbocycles. The van der Waals surface area contributed by atoms with Crippen molar-refractivity contribution in [1.82, 2.24) is 0 Å². The van der Waals surface area contributed by atoms with Crippen LogP contribution in [0.1, 0.15) is 23.7 Å². The highest BCUT2D eigenvalue weighted by Gasteiger charge is 2.42. The third-order valence-electron chi connectivity index (χ3n) is 4.71. The van der Waals surface area contributed by atoms with E-state index in [0.717, 1.165) is 4.90 Å². The molecule has 0 amide bonds. The lowest BCUT2D eigenvalue weighted by atomic mass is 9.98. The lowest BCUT2D eigenvalue weighted by Crippen LogP contribution is -2.47. The molecule has 32 heavy (non-hydrogen) atoms. The Kier molecular flexibility index (Phi) is 7.49. The predicted molar refractivity (Wildman–Crippen MR) is 127 cm³/mol. The molecule has 1 aliphatic heterocycles. The maximum Gasteiger partial charge on any atom is 0.306 e. The Balaban J connectivity index is 2.30. The average molecular weight is 540 g/mol. The summed E-state index contributed by atoms with van der Waals surface area (Å²) >= 11 is 30.6. The van der Waals surface area contributed by atoms with Gasteiger partial charge in [-0.1, -0.05) is 70.1 Å². The van der Waals surface area contributed by atoms with Crippen molar-refractivity contribution in [2.45, 2.75) is 22.4 Å². The van der Waals surface area contributed by atoms with Gasteiger partial charge in [-0.2, -0.15) is 0 Å². The Bertz CT molecular complexity index is 1090. The molecule has 3 rings (SSSR count). The molecule has 0 aromatic heterocycles. The summed E-state index contributed by atoms with van der Waals surface area (Å²) < 4.78 is 9.19. The third-order valence-corrected chi connectivity index (χ3v) is 5.88. The van der Waals surface area contributed by atoms with Crippen molar-refractivity contribution in [1.29, 1.82) is 10.8 Å². The fraction of sp³-hybridized carbons (Fsp3) is 0.250. The number of methoxy groups -OCH3 is 1. The smallest absolute Gasteiger partial charge is 0.306 e. The Morgan fingerprint density at radius 1 is 1.22 bits per heavy atom. The molecular weight excluding hydrogens is 524 g/mol. The summed E-state index contributed by atoms with van der Waals surface area (Å²) in [5, 5.41) is 27.0. The first-order valence-corrected chi connectivity index (χ1v) is 10.9. The fourth-order valence-electron chi connectivity index (χ4n) is 3.31. The molecule has 0 saturated heterocycles. The van der Waals surface area contributed by atoms with Gasteiger partial charge in [0.15, 0.2) is 5.84 Å². The van der Waals surface area contributed by atoms with Gasteiger partial charge in [0.25, 0.3) is 0 Å². The number of nitrogens with zero attached hydrogens (tertiary/aromatic N) is 1. The third kappa shape index (κ3) is 4.93. The van der Waals surface area contributed by atoms with E-state index in [4.69, 9.17) is 78.3 Å². The number of hydrogen-bond donors (Lipinski definition) is 3. The second-order valence-electron chi connectivity index (χ2n) is 6.74. The molecule has 0 fully saturated rings. The number of ether oxygens (including phenoxy) is 2. The molecule has 1 heterocycles. The molecule has 170 valence electrons. The number of carboxylic acid groups (broad SMARTS) is 1. The van der Waals surface area contributed by atoms with E-state index in [9.17, 15) is 9.90 Å². The van der Waals surface area contributed by atoms with Crippen molar-refractivity contribution in [2.24, 2.45) is 0 Å². The standard InChI is InChI=1S/C20H16Cl5N3O4/c1-31-13-4-2-3-10(16(13)22)17-11-7-9(21)5-6-12(11)28(19(27)20(23,24)25)18(26)14(32-17)8-15(29)30/h2-7,14,17,26-27H,8H2,1H3,(H,29,30)/t14-,17-/m1/s1. The van der Waals surface area contributed by atoms with Crippen LogP contribution in [0.2, 0.25) is 10.0 Å². The van der Waals surface area contributed by atoms with Crippen LogP contribution in [0.4, 0.5) is 5.69 Å². The Morgan fingerprint density at radius 3 is 2.50 bits per heavy atom. The van der Waals surface area contributed by atoms with E-state index in [1.807, 2.05) is 0 Å². The van der Waals surface area contributed by atoms with E-state index in [1.165, 1.54) is 19.2 Å². The normalized spacial score (nSPS) is 18.7. The summed E-state index contributed by atoms with van der Waals surface area (Å²) in [5.74, 6) is -1.82. The van der Waals surface area contributed by atoms with Crippen LogP contribution in [0.5, 0.6) is 5.75 Å². The minimum absolute atomic E-state index is 0.233. The SMILES string of the molecule is COc1cccc([C@H]2O[C@H](CC(=O)O)C(=N)N(C(=N)C(Cl)(Cl)Cl)c3ccc(Cl)cc32)c1Cl. The van der Waals surface area contributed by atoms with Gasteiger partial charge in [0, 0.05) is 16.1 Å². The summed E-state index contributed by atoms with van der Waals surface area (Å²) in [6.07, 6.45) is -2.86. The van der Waals surface area contributed by atoms with Crippen LogP contribution in [0.3, 0.4) is 0 Å². The number of alkyl halides is 3.